The van der Waals surface area contributed by atoms with E-state index < -0.39 is 30.1 Å². The molecule has 1 amide bonds. The Bertz CT molecular complexity index is 1290. The number of aryl methyl sites for hydroxylation is 1. The molecule has 0 unspecified atom stereocenters. The van der Waals surface area contributed by atoms with Gasteiger partial charge in [-0.15, -0.1) is 22.7 Å². The van der Waals surface area contributed by atoms with Gasteiger partial charge in [0.15, 0.2) is 11.7 Å². The van der Waals surface area contributed by atoms with Gasteiger partial charge in [-0.05, 0) is 43.2 Å². The maximum Gasteiger partial charge on any atom is 0.410 e. The number of esters is 1. The second-order valence-corrected chi connectivity index (χ2v) is 10.7. The minimum atomic E-state index is -4.60. The number of carbonyl (C=O) groups is 2. The SMILES string of the molecule is CCOC(=O)c1c(NC(=O)c2nn3c(c2Cl)N[C@H](c2cccs2)C[C@@H]3C(F)(F)F)sc2c1CCC2. The number of anilines is 2. The van der Waals surface area contributed by atoms with E-state index in [9.17, 15) is 22.8 Å². The van der Waals surface area contributed by atoms with Crippen molar-refractivity contribution in [1.29, 1.82) is 0 Å². The number of hydrogen-bond acceptors (Lipinski definition) is 7. The standard InChI is InChI=1S/C22H20ClF3N4O3S2/c1-2-33-21(32)15-10-5-3-6-12(10)35-20(15)28-19(31)17-16(23)18-27-11(13-7-4-8-34-13)9-14(22(24,25)26)30(18)29-17/h4,7-8,11,14,27H,2-3,5-6,9H2,1H3,(H,28,31)/t11-,14+/m0/s1. The van der Waals surface area contributed by atoms with Gasteiger partial charge in [-0.25, -0.2) is 9.48 Å². The quantitative estimate of drug-likeness (QED) is 0.372. The van der Waals surface area contributed by atoms with E-state index in [0.717, 1.165) is 32.8 Å². The molecule has 0 bridgehead atoms. The molecule has 1 aliphatic carbocycles. The second kappa shape index (κ2) is 9.14. The smallest absolute Gasteiger partial charge is 0.410 e. The van der Waals surface area contributed by atoms with Crippen molar-refractivity contribution in [3.8, 4) is 0 Å². The summed E-state index contributed by atoms with van der Waals surface area (Å²) in [6, 6.07) is 0.923. The van der Waals surface area contributed by atoms with Gasteiger partial charge in [-0.1, -0.05) is 17.7 Å². The van der Waals surface area contributed by atoms with Gasteiger partial charge in [0.2, 0.25) is 0 Å². The van der Waals surface area contributed by atoms with Gasteiger partial charge in [0, 0.05) is 16.2 Å². The Kier molecular flexibility index (Phi) is 6.30. The molecule has 2 aliphatic rings. The van der Waals surface area contributed by atoms with Crippen LogP contribution in [0, 0.1) is 0 Å². The molecule has 1 aliphatic heterocycles. The molecule has 13 heteroatoms. The van der Waals surface area contributed by atoms with Gasteiger partial charge in [-0.3, -0.25) is 4.79 Å². The summed E-state index contributed by atoms with van der Waals surface area (Å²) in [5.41, 5.74) is 0.789. The lowest BCUT2D eigenvalue weighted by Gasteiger charge is -2.32. The molecule has 0 radical (unpaired) electrons. The number of halogens is 4. The number of carbonyl (C=O) groups excluding carboxylic acids is 2. The number of aromatic nitrogens is 2. The first-order chi connectivity index (χ1) is 16.7. The van der Waals surface area contributed by atoms with E-state index in [2.05, 4.69) is 15.7 Å². The number of nitrogens with zero attached hydrogens (tertiary/aromatic N) is 2. The van der Waals surface area contributed by atoms with Crippen LogP contribution in [-0.2, 0) is 17.6 Å². The Hall–Kier alpha value is -2.57. The number of amides is 1. The number of thiophene rings is 2. The van der Waals surface area contributed by atoms with Gasteiger partial charge in [0.25, 0.3) is 5.91 Å². The first-order valence-corrected chi connectivity index (χ1v) is 13.0. The molecule has 0 saturated carbocycles. The molecule has 0 aromatic carbocycles. The van der Waals surface area contributed by atoms with Crippen molar-refractivity contribution in [2.24, 2.45) is 0 Å². The number of alkyl halides is 3. The maximum absolute atomic E-state index is 14.0. The first kappa shape index (κ1) is 24.1. The zero-order chi connectivity index (χ0) is 24.9. The van der Waals surface area contributed by atoms with Crippen LogP contribution >= 0.6 is 34.3 Å². The van der Waals surface area contributed by atoms with Crippen LogP contribution in [0.3, 0.4) is 0 Å². The Morgan fingerprint density at radius 2 is 2.17 bits per heavy atom. The topological polar surface area (TPSA) is 85.2 Å². The van der Waals surface area contributed by atoms with E-state index >= 15 is 0 Å². The Morgan fingerprint density at radius 1 is 1.37 bits per heavy atom. The predicted molar refractivity (Wildman–Crippen MR) is 128 cm³/mol. The lowest BCUT2D eigenvalue weighted by molar-refractivity contribution is -0.173. The van der Waals surface area contributed by atoms with Gasteiger partial charge in [0.1, 0.15) is 15.8 Å². The summed E-state index contributed by atoms with van der Waals surface area (Å²) in [7, 11) is 0. The summed E-state index contributed by atoms with van der Waals surface area (Å²) in [4.78, 5) is 27.4. The van der Waals surface area contributed by atoms with E-state index in [0.29, 0.717) is 12.0 Å². The Balaban J connectivity index is 1.49. The van der Waals surface area contributed by atoms with Crippen molar-refractivity contribution in [2.45, 2.75) is 50.9 Å². The van der Waals surface area contributed by atoms with Crippen molar-refractivity contribution in [3.05, 3.63) is 49.1 Å². The van der Waals surface area contributed by atoms with E-state index in [1.165, 1.54) is 22.7 Å². The first-order valence-electron chi connectivity index (χ1n) is 11.0. The Morgan fingerprint density at radius 3 is 2.86 bits per heavy atom. The fourth-order valence-electron chi connectivity index (χ4n) is 4.48. The molecule has 7 nitrogen and oxygen atoms in total. The minimum Gasteiger partial charge on any atom is -0.462 e. The lowest BCUT2D eigenvalue weighted by Crippen LogP contribution is -2.35. The third-order valence-electron chi connectivity index (χ3n) is 6.03. The second-order valence-electron chi connectivity index (χ2n) is 8.20. The van der Waals surface area contributed by atoms with Crippen LogP contribution in [0.25, 0.3) is 0 Å². The van der Waals surface area contributed by atoms with Crippen molar-refractivity contribution in [3.63, 3.8) is 0 Å². The molecule has 2 atom stereocenters. The molecule has 0 fully saturated rings. The van der Waals surface area contributed by atoms with Crippen LogP contribution < -0.4 is 10.6 Å². The van der Waals surface area contributed by atoms with Crippen LogP contribution in [0.15, 0.2) is 17.5 Å². The normalized spacial score (nSPS) is 19.1. The van der Waals surface area contributed by atoms with Crippen molar-refractivity contribution >= 4 is 57.0 Å². The summed E-state index contributed by atoms with van der Waals surface area (Å²) >= 11 is 9.01. The molecular weight excluding hydrogens is 525 g/mol. The maximum atomic E-state index is 14.0. The van der Waals surface area contributed by atoms with Crippen LogP contribution in [-0.4, -0.2) is 34.4 Å². The number of fused-ring (bicyclic) bond motifs is 2. The highest BCUT2D eigenvalue weighted by molar-refractivity contribution is 7.17. The fourth-order valence-corrected chi connectivity index (χ4v) is 6.81. The molecule has 35 heavy (non-hydrogen) atoms. The van der Waals surface area contributed by atoms with Gasteiger partial charge in [0.05, 0.1) is 18.2 Å². The van der Waals surface area contributed by atoms with E-state index in [4.69, 9.17) is 16.3 Å². The van der Waals surface area contributed by atoms with E-state index in [1.54, 1.807) is 24.4 Å². The number of ether oxygens (including phenoxy) is 1. The van der Waals surface area contributed by atoms with Crippen LogP contribution in [0.5, 0.6) is 0 Å². The molecule has 0 saturated heterocycles. The van der Waals surface area contributed by atoms with Crippen LogP contribution in [0.2, 0.25) is 5.02 Å². The monoisotopic (exact) mass is 544 g/mol. The van der Waals surface area contributed by atoms with Crippen molar-refractivity contribution in [2.75, 3.05) is 17.2 Å². The van der Waals surface area contributed by atoms with Crippen LogP contribution in [0.1, 0.15) is 68.0 Å². The molecule has 2 N–H and O–H groups in total. The molecule has 5 rings (SSSR count). The minimum absolute atomic E-state index is 0.0666. The Labute approximate surface area is 211 Å². The molecule has 4 heterocycles. The largest absolute Gasteiger partial charge is 0.462 e. The zero-order valence-electron chi connectivity index (χ0n) is 18.4. The average molecular weight is 545 g/mol. The number of nitrogens with one attached hydrogen (secondary N) is 2. The van der Waals surface area contributed by atoms with Gasteiger partial charge in [-0.2, -0.15) is 18.3 Å². The highest BCUT2D eigenvalue weighted by Gasteiger charge is 2.48. The van der Waals surface area contributed by atoms with Crippen molar-refractivity contribution in [1.82, 2.24) is 9.78 Å². The highest BCUT2D eigenvalue weighted by Crippen LogP contribution is 2.47. The molecular formula is C22H20ClF3N4O3S2. The fraction of sp³-hybridized carbons (Fsp3) is 0.409. The summed E-state index contributed by atoms with van der Waals surface area (Å²) in [6.07, 6.45) is -2.51. The predicted octanol–water partition coefficient (Wildman–Crippen LogP) is 6.24. The summed E-state index contributed by atoms with van der Waals surface area (Å²) < 4.78 is 47.8. The summed E-state index contributed by atoms with van der Waals surface area (Å²) in [5.74, 6) is -1.41. The lowest BCUT2D eigenvalue weighted by atomic mass is 10.0. The number of hydrogen-bond donors (Lipinski definition) is 2. The highest BCUT2D eigenvalue weighted by atomic mass is 35.5. The zero-order valence-corrected chi connectivity index (χ0v) is 20.8. The average Bonchev–Trinajstić information content (AvgIpc) is 3.57. The van der Waals surface area contributed by atoms with Crippen LogP contribution in [0.4, 0.5) is 24.0 Å². The van der Waals surface area contributed by atoms with E-state index in [1.807, 2.05) is 0 Å². The third kappa shape index (κ3) is 4.31. The number of rotatable bonds is 5. The molecule has 0 spiro atoms. The third-order valence-corrected chi connectivity index (χ3v) is 8.58. The molecule has 3 aromatic heterocycles. The van der Waals surface area contributed by atoms with Crippen molar-refractivity contribution < 1.29 is 27.5 Å². The van der Waals surface area contributed by atoms with Gasteiger partial charge >= 0.3 is 12.1 Å². The summed E-state index contributed by atoms with van der Waals surface area (Å²) in [5, 5.41) is 11.5. The summed E-state index contributed by atoms with van der Waals surface area (Å²) in [6.45, 7) is 1.86. The molecule has 186 valence electrons. The van der Waals surface area contributed by atoms with E-state index in [-0.39, 0.29) is 34.6 Å². The molecule has 3 aromatic rings. The van der Waals surface area contributed by atoms with Gasteiger partial charge < -0.3 is 15.4 Å².